The largest absolute Gasteiger partial charge is 0.345 e. The molecule has 0 unspecified atom stereocenters. The molecule has 2 aromatic rings. The average molecular weight is 259 g/mol. The second-order valence-electron chi connectivity index (χ2n) is 4.34. The van der Waals surface area contributed by atoms with Gasteiger partial charge in [-0.2, -0.15) is 0 Å². The summed E-state index contributed by atoms with van der Waals surface area (Å²) in [6.45, 7) is 4.46. The number of aromatic amines is 1. The number of amides is 1. The van der Waals surface area contributed by atoms with E-state index in [0.717, 1.165) is 29.8 Å². The number of hydrogen-bond acceptors (Lipinski definition) is 4. The topological polar surface area (TPSA) is 83.6 Å². The van der Waals surface area contributed by atoms with Gasteiger partial charge in [-0.05, 0) is 30.5 Å². The van der Waals surface area contributed by atoms with Crippen molar-refractivity contribution in [3.05, 3.63) is 41.2 Å². The lowest BCUT2D eigenvalue weighted by molar-refractivity contribution is 0.0941. The number of nitrogens with zero attached hydrogens (tertiary/aromatic N) is 3. The molecule has 0 saturated carbocycles. The predicted molar refractivity (Wildman–Crippen MR) is 70.5 cm³/mol. The van der Waals surface area contributed by atoms with Crippen molar-refractivity contribution in [1.82, 2.24) is 25.5 Å². The van der Waals surface area contributed by atoms with Crippen molar-refractivity contribution >= 4 is 5.91 Å². The second kappa shape index (κ2) is 6.08. The first-order valence-electron chi connectivity index (χ1n) is 6.29. The van der Waals surface area contributed by atoms with E-state index in [9.17, 15) is 4.79 Å². The molecule has 6 heteroatoms. The minimum Gasteiger partial charge on any atom is -0.345 e. The first-order chi connectivity index (χ1) is 9.20. The molecule has 0 aromatic carbocycles. The number of aromatic nitrogens is 4. The van der Waals surface area contributed by atoms with E-state index < -0.39 is 0 Å². The number of nitrogens with one attached hydrogen (secondary N) is 2. The number of carbonyl (C=O) groups is 1. The van der Waals surface area contributed by atoms with Crippen LogP contribution in [0, 0.1) is 6.92 Å². The van der Waals surface area contributed by atoms with Crippen LogP contribution in [0.3, 0.4) is 0 Å². The number of aryl methyl sites for hydroxylation is 2. The molecule has 1 amide bonds. The van der Waals surface area contributed by atoms with E-state index in [2.05, 4.69) is 32.4 Å². The van der Waals surface area contributed by atoms with Gasteiger partial charge >= 0.3 is 0 Å². The fraction of sp³-hybridized carbons (Fsp3) is 0.385. The molecule has 0 spiro atoms. The summed E-state index contributed by atoms with van der Waals surface area (Å²) in [5.41, 5.74) is 2.08. The zero-order valence-corrected chi connectivity index (χ0v) is 11.1. The van der Waals surface area contributed by atoms with Crippen molar-refractivity contribution in [2.24, 2.45) is 0 Å². The highest BCUT2D eigenvalue weighted by atomic mass is 16.2. The van der Waals surface area contributed by atoms with Gasteiger partial charge in [0.1, 0.15) is 5.82 Å². The number of hydrogen-bond donors (Lipinski definition) is 2. The fourth-order valence-electron chi connectivity index (χ4n) is 1.70. The average Bonchev–Trinajstić information content (AvgIpc) is 2.87. The van der Waals surface area contributed by atoms with Gasteiger partial charge in [0.15, 0.2) is 0 Å². The Balaban J connectivity index is 1.95. The quantitative estimate of drug-likeness (QED) is 0.850. The summed E-state index contributed by atoms with van der Waals surface area (Å²) in [5.74, 6) is 0.665. The summed E-state index contributed by atoms with van der Waals surface area (Å²) in [6, 6.07) is 1.89. The Labute approximate surface area is 111 Å². The van der Waals surface area contributed by atoms with E-state index in [-0.39, 0.29) is 11.7 Å². The summed E-state index contributed by atoms with van der Waals surface area (Å²) >= 11 is 0. The maximum atomic E-state index is 11.9. The van der Waals surface area contributed by atoms with Gasteiger partial charge in [0.05, 0.1) is 0 Å². The monoisotopic (exact) mass is 259 g/mol. The van der Waals surface area contributed by atoms with Gasteiger partial charge in [0.25, 0.3) is 5.91 Å². The van der Waals surface area contributed by atoms with Crippen molar-refractivity contribution in [2.45, 2.75) is 33.2 Å². The van der Waals surface area contributed by atoms with Gasteiger partial charge < -0.3 is 5.32 Å². The molecule has 0 fully saturated rings. The van der Waals surface area contributed by atoms with E-state index in [4.69, 9.17) is 0 Å². The smallest absolute Gasteiger partial charge is 0.291 e. The van der Waals surface area contributed by atoms with Crippen molar-refractivity contribution in [3.63, 3.8) is 0 Å². The summed E-state index contributed by atoms with van der Waals surface area (Å²) in [4.78, 5) is 20.0. The lowest BCUT2D eigenvalue weighted by atomic mass is 10.1. The Kier molecular flexibility index (Phi) is 4.22. The summed E-state index contributed by atoms with van der Waals surface area (Å²) in [5, 5.41) is 9.47. The molecule has 2 heterocycles. The highest BCUT2D eigenvalue weighted by molar-refractivity contribution is 5.90. The molecule has 6 nitrogen and oxygen atoms in total. The van der Waals surface area contributed by atoms with E-state index in [1.165, 1.54) is 0 Å². The molecule has 0 aliphatic rings. The van der Waals surface area contributed by atoms with Gasteiger partial charge in [0, 0.05) is 25.4 Å². The Morgan fingerprint density at radius 2 is 2.32 bits per heavy atom. The number of pyridine rings is 1. The minimum atomic E-state index is -0.269. The lowest BCUT2D eigenvalue weighted by Crippen LogP contribution is -2.24. The zero-order valence-electron chi connectivity index (χ0n) is 11.1. The number of rotatable bonds is 5. The predicted octanol–water partition coefficient (Wildman–Crippen LogP) is 1.39. The summed E-state index contributed by atoms with van der Waals surface area (Å²) < 4.78 is 0. The van der Waals surface area contributed by atoms with Crippen LogP contribution in [0.2, 0.25) is 0 Å². The van der Waals surface area contributed by atoms with Crippen molar-refractivity contribution in [1.29, 1.82) is 0 Å². The van der Waals surface area contributed by atoms with Crippen LogP contribution in [-0.4, -0.2) is 26.1 Å². The fourth-order valence-corrected chi connectivity index (χ4v) is 1.70. The van der Waals surface area contributed by atoms with E-state index >= 15 is 0 Å². The Morgan fingerprint density at radius 1 is 1.47 bits per heavy atom. The maximum absolute atomic E-state index is 11.9. The van der Waals surface area contributed by atoms with Crippen LogP contribution in [0.15, 0.2) is 18.5 Å². The molecule has 0 aliphatic carbocycles. The molecular formula is C13H17N5O. The Bertz CT molecular complexity index is 564. The van der Waals surface area contributed by atoms with Crippen molar-refractivity contribution in [3.8, 4) is 0 Å². The van der Waals surface area contributed by atoms with Crippen LogP contribution in [0.4, 0.5) is 0 Å². The maximum Gasteiger partial charge on any atom is 0.291 e. The molecule has 0 saturated heterocycles. The molecule has 0 aliphatic heterocycles. The van der Waals surface area contributed by atoms with E-state index in [1.54, 1.807) is 12.4 Å². The van der Waals surface area contributed by atoms with Crippen LogP contribution >= 0.6 is 0 Å². The summed E-state index contributed by atoms with van der Waals surface area (Å²) in [6.07, 6.45) is 5.24. The van der Waals surface area contributed by atoms with Gasteiger partial charge in [-0.1, -0.05) is 6.92 Å². The van der Waals surface area contributed by atoms with E-state index in [0.29, 0.717) is 6.54 Å². The third-order valence-electron chi connectivity index (χ3n) is 2.80. The molecule has 0 radical (unpaired) electrons. The van der Waals surface area contributed by atoms with Gasteiger partial charge in [-0.15, -0.1) is 5.10 Å². The van der Waals surface area contributed by atoms with Crippen LogP contribution in [-0.2, 0) is 13.0 Å². The molecule has 0 atom stereocenters. The second-order valence-corrected chi connectivity index (χ2v) is 4.34. The van der Waals surface area contributed by atoms with Gasteiger partial charge in [-0.3, -0.25) is 14.9 Å². The third kappa shape index (κ3) is 3.37. The molecule has 2 aromatic heterocycles. The van der Waals surface area contributed by atoms with Crippen molar-refractivity contribution < 1.29 is 4.79 Å². The van der Waals surface area contributed by atoms with Gasteiger partial charge in [0.2, 0.25) is 5.82 Å². The Hall–Kier alpha value is -2.24. The lowest BCUT2D eigenvalue weighted by Gasteiger charge is -2.05. The first kappa shape index (κ1) is 13.2. The zero-order chi connectivity index (χ0) is 13.7. The molecule has 19 heavy (non-hydrogen) atoms. The van der Waals surface area contributed by atoms with Crippen LogP contribution < -0.4 is 5.32 Å². The highest BCUT2D eigenvalue weighted by Gasteiger charge is 2.12. The molecule has 0 bridgehead atoms. The number of carbonyl (C=O) groups excluding carboxylic acids is 1. The standard InChI is InChI=1S/C13H17N5O/c1-3-4-11-16-12(18-17-11)13(19)15-8-10-5-6-14-7-9(10)2/h5-7H,3-4,8H2,1-2H3,(H,15,19)(H,16,17,18). The van der Waals surface area contributed by atoms with Crippen LogP contribution in [0.25, 0.3) is 0 Å². The molecule has 100 valence electrons. The minimum absolute atomic E-state index is 0.190. The normalized spacial score (nSPS) is 10.4. The first-order valence-corrected chi connectivity index (χ1v) is 6.29. The van der Waals surface area contributed by atoms with Crippen LogP contribution in [0.1, 0.15) is 40.9 Å². The molecule has 2 N–H and O–H groups in total. The van der Waals surface area contributed by atoms with Gasteiger partial charge in [-0.25, -0.2) is 4.98 Å². The third-order valence-corrected chi connectivity index (χ3v) is 2.80. The van der Waals surface area contributed by atoms with E-state index in [1.807, 2.05) is 13.0 Å². The van der Waals surface area contributed by atoms with Crippen LogP contribution in [0.5, 0.6) is 0 Å². The SMILES string of the molecule is CCCc1nc(C(=O)NCc2ccncc2C)n[nH]1. The van der Waals surface area contributed by atoms with Crippen molar-refractivity contribution in [2.75, 3.05) is 0 Å². The number of H-pyrrole nitrogens is 1. The molecular weight excluding hydrogens is 242 g/mol. The highest BCUT2D eigenvalue weighted by Crippen LogP contribution is 2.04. The Morgan fingerprint density at radius 3 is 3.05 bits per heavy atom. The molecule has 2 rings (SSSR count). The summed E-state index contributed by atoms with van der Waals surface area (Å²) in [7, 11) is 0.